The van der Waals surface area contributed by atoms with Crippen LogP contribution >= 0.6 is 11.3 Å². The van der Waals surface area contributed by atoms with E-state index in [-0.39, 0.29) is 17.9 Å². The Labute approximate surface area is 98.0 Å². The van der Waals surface area contributed by atoms with Crippen molar-refractivity contribution >= 4 is 23.2 Å². The van der Waals surface area contributed by atoms with Crippen LogP contribution in [-0.2, 0) is 4.79 Å². The average Bonchev–Trinajstić information content (AvgIpc) is 2.73. The molecule has 0 unspecified atom stereocenters. The van der Waals surface area contributed by atoms with Gasteiger partial charge in [0.1, 0.15) is 6.04 Å². The number of carbonyl (C=O) groups is 2. The third-order valence-corrected chi connectivity index (χ3v) is 3.45. The van der Waals surface area contributed by atoms with Gasteiger partial charge in [0.15, 0.2) is 0 Å². The zero-order chi connectivity index (χ0) is 11.4. The maximum absolute atomic E-state index is 11.8. The Morgan fingerprint density at radius 1 is 1.50 bits per heavy atom. The summed E-state index contributed by atoms with van der Waals surface area (Å²) in [5.74, 6) is -0.223. The molecule has 0 aromatic carbocycles. The molecule has 16 heavy (non-hydrogen) atoms. The first kappa shape index (κ1) is 11.1. The van der Waals surface area contributed by atoms with Crippen LogP contribution in [0.4, 0.5) is 0 Å². The van der Waals surface area contributed by atoms with Gasteiger partial charge in [-0.25, -0.2) is 0 Å². The van der Waals surface area contributed by atoms with Crippen molar-refractivity contribution in [2.75, 3.05) is 6.54 Å². The molecule has 86 valence electrons. The van der Waals surface area contributed by atoms with Crippen LogP contribution in [0.25, 0.3) is 0 Å². The van der Waals surface area contributed by atoms with E-state index in [9.17, 15) is 9.59 Å². The van der Waals surface area contributed by atoms with E-state index in [1.54, 1.807) is 6.07 Å². The lowest BCUT2D eigenvalue weighted by molar-refractivity contribution is -0.122. The van der Waals surface area contributed by atoms with Gasteiger partial charge in [-0.1, -0.05) is 6.07 Å². The van der Waals surface area contributed by atoms with Crippen LogP contribution < -0.4 is 10.6 Å². The molecule has 1 aliphatic rings. The van der Waals surface area contributed by atoms with Crippen molar-refractivity contribution in [2.24, 2.45) is 0 Å². The third kappa shape index (κ3) is 2.61. The van der Waals surface area contributed by atoms with Gasteiger partial charge in [0, 0.05) is 6.54 Å². The molecule has 0 bridgehead atoms. The third-order valence-electron chi connectivity index (χ3n) is 2.59. The Hall–Kier alpha value is -1.36. The highest BCUT2D eigenvalue weighted by molar-refractivity contribution is 7.12. The molecule has 1 fully saturated rings. The molecule has 1 aromatic rings. The summed E-state index contributed by atoms with van der Waals surface area (Å²) >= 11 is 1.38. The second kappa shape index (κ2) is 5.12. The first-order valence-corrected chi connectivity index (χ1v) is 6.27. The fourth-order valence-corrected chi connectivity index (χ4v) is 2.34. The van der Waals surface area contributed by atoms with Crippen LogP contribution in [-0.4, -0.2) is 24.4 Å². The maximum atomic E-state index is 11.8. The van der Waals surface area contributed by atoms with Crippen molar-refractivity contribution in [1.82, 2.24) is 10.6 Å². The van der Waals surface area contributed by atoms with E-state index in [1.165, 1.54) is 11.3 Å². The number of rotatable bonds is 2. The van der Waals surface area contributed by atoms with Gasteiger partial charge in [0.05, 0.1) is 4.88 Å². The second-order valence-corrected chi connectivity index (χ2v) is 4.74. The highest BCUT2D eigenvalue weighted by Gasteiger charge is 2.22. The molecule has 2 rings (SSSR count). The smallest absolute Gasteiger partial charge is 0.261 e. The fourth-order valence-electron chi connectivity index (χ4n) is 1.71. The van der Waals surface area contributed by atoms with Crippen LogP contribution in [0.2, 0.25) is 0 Å². The molecule has 2 amide bonds. The molecule has 0 radical (unpaired) electrons. The van der Waals surface area contributed by atoms with Gasteiger partial charge in [0.25, 0.3) is 5.91 Å². The summed E-state index contributed by atoms with van der Waals surface area (Å²) in [6, 6.07) is 3.21. The predicted octanol–water partition coefficient (Wildman–Crippen LogP) is 1.15. The Morgan fingerprint density at radius 3 is 3.12 bits per heavy atom. The minimum atomic E-state index is -0.378. The number of hydrogen-bond donors (Lipinski definition) is 2. The van der Waals surface area contributed by atoms with Gasteiger partial charge in [-0.2, -0.15) is 0 Å². The monoisotopic (exact) mass is 238 g/mol. The van der Waals surface area contributed by atoms with Crippen LogP contribution in [0.1, 0.15) is 28.9 Å². The van der Waals surface area contributed by atoms with Crippen molar-refractivity contribution in [3.8, 4) is 0 Å². The van der Waals surface area contributed by atoms with Gasteiger partial charge >= 0.3 is 0 Å². The maximum Gasteiger partial charge on any atom is 0.261 e. The van der Waals surface area contributed by atoms with Crippen molar-refractivity contribution in [3.63, 3.8) is 0 Å². The molecule has 4 nitrogen and oxygen atoms in total. The van der Waals surface area contributed by atoms with Crippen LogP contribution in [0.5, 0.6) is 0 Å². The lowest BCUT2D eigenvalue weighted by Crippen LogP contribution is -2.45. The average molecular weight is 238 g/mol. The molecular formula is C11H14N2O2S. The van der Waals surface area contributed by atoms with Crippen LogP contribution in [0.15, 0.2) is 17.5 Å². The molecule has 1 aromatic heterocycles. The number of nitrogens with one attached hydrogen (secondary N) is 2. The van der Waals surface area contributed by atoms with Crippen molar-refractivity contribution < 1.29 is 9.59 Å². The molecule has 0 aliphatic carbocycles. The zero-order valence-electron chi connectivity index (χ0n) is 8.86. The molecule has 5 heteroatoms. The Kier molecular flexibility index (Phi) is 3.56. The number of hydrogen-bond acceptors (Lipinski definition) is 3. The summed E-state index contributed by atoms with van der Waals surface area (Å²) in [6.07, 6.45) is 2.67. The minimum Gasteiger partial charge on any atom is -0.354 e. The highest BCUT2D eigenvalue weighted by atomic mass is 32.1. The summed E-state index contributed by atoms with van der Waals surface area (Å²) in [4.78, 5) is 24.0. The predicted molar refractivity (Wildman–Crippen MR) is 62.4 cm³/mol. The molecule has 1 aliphatic heterocycles. The first-order chi connectivity index (χ1) is 7.77. The van der Waals surface area contributed by atoms with E-state index < -0.39 is 0 Å². The molecule has 0 saturated carbocycles. The Bertz CT molecular complexity index is 375. The summed E-state index contributed by atoms with van der Waals surface area (Å²) in [5, 5.41) is 7.41. The van der Waals surface area contributed by atoms with Crippen molar-refractivity contribution in [3.05, 3.63) is 22.4 Å². The summed E-state index contributed by atoms with van der Waals surface area (Å²) in [5.41, 5.74) is 0. The van der Waals surface area contributed by atoms with Crippen molar-refractivity contribution in [1.29, 1.82) is 0 Å². The van der Waals surface area contributed by atoms with Gasteiger partial charge in [-0.05, 0) is 30.7 Å². The van der Waals surface area contributed by atoms with Gasteiger partial charge in [-0.3, -0.25) is 9.59 Å². The first-order valence-electron chi connectivity index (χ1n) is 5.39. The molecule has 1 saturated heterocycles. The zero-order valence-corrected chi connectivity index (χ0v) is 9.68. The Morgan fingerprint density at radius 2 is 2.38 bits per heavy atom. The van der Waals surface area contributed by atoms with Crippen molar-refractivity contribution in [2.45, 2.75) is 25.3 Å². The fraction of sp³-hybridized carbons (Fsp3) is 0.455. The SMILES string of the molecule is O=C(N[C@H]1CCCCNC1=O)c1cccs1. The van der Waals surface area contributed by atoms with E-state index in [1.807, 2.05) is 11.4 Å². The van der Waals surface area contributed by atoms with E-state index in [0.717, 1.165) is 19.3 Å². The summed E-state index contributed by atoms with van der Waals surface area (Å²) in [6.45, 7) is 0.713. The summed E-state index contributed by atoms with van der Waals surface area (Å²) < 4.78 is 0. The van der Waals surface area contributed by atoms with E-state index in [2.05, 4.69) is 10.6 Å². The number of amides is 2. The van der Waals surface area contributed by atoms with E-state index >= 15 is 0 Å². The largest absolute Gasteiger partial charge is 0.354 e. The normalized spacial score (nSPS) is 21.0. The highest BCUT2D eigenvalue weighted by Crippen LogP contribution is 2.10. The molecule has 0 spiro atoms. The van der Waals surface area contributed by atoms with Gasteiger partial charge < -0.3 is 10.6 Å². The standard InChI is InChI=1S/C11H14N2O2S/c14-10-8(4-1-2-6-12-10)13-11(15)9-5-3-7-16-9/h3,5,7-8H,1-2,4,6H2,(H,12,14)(H,13,15)/t8-/m0/s1. The topological polar surface area (TPSA) is 58.2 Å². The minimum absolute atomic E-state index is 0.0672. The number of carbonyl (C=O) groups excluding carboxylic acids is 2. The molecular weight excluding hydrogens is 224 g/mol. The van der Waals surface area contributed by atoms with E-state index in [4.69, 9.17) is 0 Å². The van der Waals surface area contributed by atoms with Gasteiger partial charge in [0.2, 0.25) is 5.91 Å². The van der Waals surface area contributed by atoms with Gasteiger partial charge in [-0.15, -0.1) is 11.3 Å². The lowest BCUT2D eigenvalue weighted by Gasteiger charge is -2.14. The Balaban J connectivity index is 1.97. The quantitative estimate of drug-likeness (QED) is 0.812. The van der Waals surface area contributed by atoms with Crippen LogP contribution in [0, 0.1) is 0 Å². The lowest BCUT2D eigenvalue weighted by atomic mass is 10.1. The van der Waals surface area contributed by atoms with E-state index in [0.29, 0.717) is 11.4 Å². The van der Waals surface area contributed by atoms with Crippen LogP contribution in [0.3, 0.4) is 0 Å². The summed E-state index contributed by atoms with van der Waals surface area (Å²) in [7, 11) is 0. The number of thiophene rings is 1. The molecule has 2 N–H and O–H groups in total. The molecule has 1 atom stereocenters. The molecule has 2 heterocycles. The second-order valence-electron chi connectivity index (χ2n) is 3.79.